The summed E-state index contributed by atoms with van der Waals surface area (Å²) in [5.41, 5.74) is 1.93. The van der Waals surface area contributed by atoms with E-state index in [-0.39, 0.29) is 0 Å². The van der Waals surface area contributed by atoms with Crippen molar-refractivity contribution < 1.29 is 0 Å². The van der Waals surface area contributed by atoms with Crippen LogP contribution in [0.3, 0.4) is 0 Å². The van der Waals surface area contributed by atoms with Crippen LogP contribution in [-0.4, -0.2) is 11.0 Å². The fourth-order valence-corrected chi connectivity index (χ4v) is 2.18. The molecule has 18 heavy (non-hydrogen) atoms. The Balaban J connectivity index is 2.28. The Labute approximate surface area is 113 Å². The van der Waals surface area contributed by atoms with Crippen molar-refractivity contribution in [1.29, 1.82) is 0 Å². The molecule has 0 aliphatic heterocycles. The molecule has 1 aromatic heterocycles. The Bertz CT molecular complexity index is 551. The minimum absolute atomic E-state index is 0.396. The van der Waals surface area contributed by atoms with Crippen molar-refractivity contribution in [2.24, 2.45) is 0 Å². The minimum Gasteiger partial charge on any atom is -0.382 e. The second-order valence-corrected chi connectivity index (χ2v) is 4.81. The fourth-order valence-electron chi connectivity index (χ4n) is 1.97. The summed E-state index contributed by atoms with van der Waals surface area (Å²) in [7, 11) is 0. The largest absolute Gasteiger partial charge is 0.382 e. The number of hydrogen-bond acceptors (Lipinski definition) is 2. The number of nitrogens with one attached hydrogen (secondary N) is 1. The van der Waals surface area contributed by atoms with Gasteiger partial charge in [-0.1, -0.05) is 17.7 Å². The molecule has 94 valence electrons. The number of aromatic nitrogens is 1. The molecule has 0 amide bonds. The van der Waals surface area contributed by atoms with Crippen LogP contribution in [0, 0.1) is 0 Å². The van der Waals surface area contributed by atoms with Gasteiger partial charge in [-0.3, -0.25) is 4.98 Å². The summed E-state index contributed by atoms with van der Waals surface area (Å²) in [6, 6.07) is 8.26. The predicted octanol–water partition coefficient (Wildman–Crippen LogP) is 4.65. The van der Waals surface area contributed by atoms with Gasteiger partial charge in [-0.2, -0.15) is 0 Å². The highest BCUT2D eigenvalue weighted by Crippen LogP contribution is 2.28. The van der Waals surface area contributed by atoms with E-state index in [4.69, 9.17) is 11.6 Å². The Morgan fingerprint density at radius 1 is 1.44 bits per heavy atom. The lowest BCUT2D eigenvalue weighted by molar-refractivity contribution is 0.720. The van der Waals surface area contributed by atoms with E-state index < -0.39 is 0 Å². The highest BCUT2D eigenvalue weighted by atomic mass is 35.5. The first kappa shape index (κ1) is 12.9. The van der Waals surface area contributed by atoms with Crippen molar-refractivity contribution in [2.75, 3.05) is 5.32 Å². The fraction of sp³-hybridized carbons (Fsp3) is 0.267. The molecule has 1 heterocycles. The molecule has 1 atom stereocenters. The standard InChI is InChI=1S/C15H17ClN2/c1-3-4-6-11(2)18-14-9-8-13(16)15-12(14)7-5-10-17-15/h3,5,7-11,18H,1,4,6H2,2H3. The highest BCUT2D eigenvalue weighted by molar-refractivity contribution is 6.35. The van der Waals surface area contributed by atoms with Crippen molar-refractivity contribution in [3.8, 4) is 0 Å². The zero-order valence-corrected chi connectivity index (χ0v) is 11.2. The molecular formula is C15H17ClN2. The molecule has 2 nitrogen and oxygen atoms in total. The molecule has 0 spiro atoms. The van der Waals surface area contributed by atoms with Gasteiger partial charge in [0.05, 0.1) is 10.5 Å². The molecule has 2 aromatic rings. The summed E-state index contributed by atoms with van der Waals surface area (Å²) in [4.78, 5) is 4.32. The number of hydrogen-bond donors (Lipinski definition) is 1. The second kappa shape index (κ2) is 5.87. The number of fused-ring (bicyclic) bond motifs is 1. The topological polar surface area (TPSA) is 24.9 Å². The van der Waals surface area contributed by atoms with E-state index in [1.165, 1.54) is 0 Å². The van der Waals surface area contributed by atoms with E-state index in [2.05, 4.69) is 23.8 Å². The molecule has 0 fully saturated rings. The summed E-state index contributed by atoms with van der Waals surface area (Å²) in [5.74, 6) is 0. The lowest BCUT2D eigenvalue weighted by Crippen LogP contribution is -2.14. The van der Waals surface area contributed by atoms with Gasteiger partial charge in [0.15, 0.2) is 0 Å². The van der Waals surface area contributed by atoms with Crippen molar-refractivity contribution >= 4 is 28.2 Å². The third-order valence-electron chi connectivity index (χ3n) is 2.93. The number of halogens is 1. The van der Waals surface area contributed by atoms with Gasteiger partial charge in [0.1, 0.15) is 0 Å². The maximum absolute atomic E-state index is 6.15. The third-order valence-corrected chi connectivity index (χ3v) is 3.23. The lowest BCUT2D eigenvalue weighted by Gasteiger charge is -2.16. The number of benzene rings is 1. The van der Waals surface area contributed by atoms with Crippen LogP contribution in [0.4, 0.5) is 5.69 Å². The van der Waals surface area contributed by atoms with Crippen LogP contribution in [-0.2, 0) is 0 Å². The van der Waals surface area contributed by atoms with Crippen LogP contribution >= 0.6 is 11.6 Å². The zero-order chi connectivity index (χ0) is 13.0. The summed E-state index contributed by atoms with van der Waals surface area (Å²) in [5, 5.41) is 5.26. The number of pyridine rings is 1. The maximum Gasteiger partial charge on any atom is 0.0908 e. The summed E-state index contributed by atoms with van der Waals surface area (Å²) in [6.45, 7) is 5.91. The highest BCUT2D eigenvalue weighted by Gasteiger charge is 2.07. The van der Waals surface area contributed by atoms with Crippen LogP contribution in [0.1, 0.15) is 19.8 Å². The monoisotopic (exact) mass is 260 g/mol. The maximum atomic E-state index is 6.15. The molecule has 0 bridgehead atoms. The average molecular weight is 261 g/mol. The van der Waals surface area contributed by atoms with Gasteiger partial charge in [-0.05, 0) is 44.0 Å². The lowest BCUT2D eigenvalue weighted by atomic mass is 10.1. The van der Waals surface area contributed by atoms with Gasteiger partial charge in [0.2, 0.25) is 0 Å². The predicted molar refractivity (Wildman–Crippen MR) is 79.3 cm³/mol. The second-order valence-electron chi connectivity index (χ2n) is 4.41. The zero-order valence-electron chi connectivity index (χ0n) is 10.5. The molecule has 0 aliphatic rings. The van der Waals surface area contributed by atoms with E-state index in [1.807, 2.05) is 30.3 Å². The molecule has 1 unspecified atom stereocenters. The first-order valence-electron chi connectivity index (χ1n) is 6.13. The molecule has 0 aliphatic carbocycles. The van der Waals surface area contributed by atoms with E-state index in [0.717, 1.165) is 29.4 Å². The van der Waals surface area contributed by atoms with Crippen LogP contribution in [0.15, 0.2) is 43.1 Å². The van der Waals surface area contributed by atoms with Crippen molar-refractivity contribution in [2.45, 2.75) is 25.8 Å². The molecule has 0 saturated heterocycles. The van der Waals surface area contributed by atoms with Crippen LogP contribution in [0.2, 0.25) is 5.02 Å². The van der Waals surface area contributed by atoms with Crippen molar-refractivity contribution in [3.63, 3.8) is 0 Å². The summed E-state index contributed by atoms with van der Waals surface area (Å²) >= 11 is 6.15. The summed E-state index contributed by atoms with van der Waals surface area (Å²) in [6.07, 6.45) is 5.78. The summed E-state index contributed by atoms with van der Waals surface area (Å²) < 4.78 is 0. The molecule has 1 N–H and O–H groups in total. The number of allylic oxidation sites excluding steroid dienone is 1. The van der Waals surface area contributed by atoms with Gasteiger partial charge >= 0.3 is 0 Å². The Morgan fingerprint density at radius 2 is 2.28 bits per heavy atom. The Kier molecular flexibility index (Phi) is 4.21. The van der Waals surface area contributed by atoms with Crippen LogP contribution < -0.4 is 5.32 Å². The number of anilines is 1. The molecule has 3 heteroatoms. The molecule has 2 rings (SSSR count). The van der Waals surface area contributed by atoms with Crippen LogP contribution in [0.5, 0.6) is 0 Å². The SMILES string of the molecule is C=CCCC(C)Nc1ccc(Cl)c2ncccc12. The first-order chi connectivity index (χ1) is 8.72. The van der Waals surface area contributed by atoms with Gasteiger partial charge < -0.3 is 5.32 Å². The number of rotatable bonds is 5. The van der Waals surface area contributed by atoms with Crippen molar-refractivity contribution in [3.05, 3.63) is 48.1 Å². The van der Waals surface area contributed by atoms with Crippen molar-refractivity contribution in [1.82, 2.24) is 4.98 Å². The Morgan fingerprint density at radius 3 is 3.06 bits per heavy atom. The van der Waals surface area contributed by atoms with Gasteiger partial charge in [-0.25, -0.2) is 0 Å². The van der Waals surface area contributed by atoms with Gasteiger partial charge in [0.25, 0.3) is 0 Å². The molecule has 0 radical (unpaired) electrons. The minimum atomic E-state index is 0.396. The average Bonchev–Trinajstić information content (AvgIpc) is 2.40. The Hall–Kier alpha value is -1.54. The smallest absolute Gasteiger partial charge is 0.0908 e. The van der Waals surface area contributed by atoms with Gasteiger partial charge in [0, 0.05) is 23.3 Å². The van der Waals surface area contributed by atoms with E-state index in [1.54, 1.807) is 6.20 Å². The van der Waals surface area contributed by atoms with Crippen LogP contribution in [0.25, 0.3) is 10.9 Å². The normalized spacial score (nSPS) is 12.3. The molecular weight excluding hydrogens is 244 g/mol. The van der Waals surface area contributed by atoms with Gasteiger partial charge in [-0.15, -0.1) is 6.58 Å². The quantitative estimate of drug-likeness (QED) is 0.791. The third kappa shape index (κ3) is 2.82. The van der Waals surface area contributed by atoms with E-state index >= 15 is 0 Å². The first-order valence-corrected chi connectivity index (χ1v) is 6.51. The molecule has 1 aromatic carbocycles. The molecule has 0 saturated carbocycles. The van der Waals surface area contributed by atoms with E-state index in [0.29, 0.717) is 11.1 Å². The number of nitrogens with zero attached hydrogens (tertiary/aromatic N) is 1. The van der Waals surface area contributed by atoms with E-state index in [9.17, 15) is 0 Å².